The average molecular weight is 685 g/mol. The van der Waals surface area contributed by atoms with Crippen LogP contribution in [0.2, 0.25) is 0 Å². The molecule has 0 spiro atoms. The van der Waals surface area contributed by atoms with E-state index in [1.54, 1.807) is 0 Å². The minimum Gasteiger partial charge on any atom is -0.457 e. The van der Waals surface area contributed by atoms with Crippen LogP contribution in [0.5, 0.6) is 0 Å². The molecule has 49 heavy (non-hydrogen) atoms. The molecule has 0 aromatic rings. The highest BCUT2D eigenvalue weighted by Crippen LogP contribution is 2.14. The molecule has 1 N–H and O–H groups in total. The lowest BCUT2D eigenvalue weighted by Gasteiger charge is -2.16. The Hall–Kier alpha value is -1.91. The largest absolute Gasteiger partial charge is 0.457 e. The van der Waals surface area contributed by atoms with E-state index in [0.717, 1.165) is 51.4 Å². The second-order valence-electron chi connectivity index (χ2n) is 13.7. The molecule has 0 bridgehead atoms. The van der Waals surface area contributed by atoms with Crippen LogP contribution >= 0.6 is 0 Å². The predicted octanol–water partition coefficient (Wildman–Crippen LogP) is 13.7. The third-order valence-electron chi connectivity index (χ3n) is 8.86. The molecule has 0 aliphatic rings. The van der Waals surface area contributed by atoms with Gasteiger partial charge in [-0.3, -0.25) is 4.79 Å². The van der Waals surface area contributed by atoms with Gasteiger partial charge in [-0.1, -0.05) is 190 Å². The summed E-state index contributed by atoms with van der Waals surface area (Å²) in [6, 6.07) is 0. The van der Waals surface area contributed by atoms with Gasteiger partial charge in [-0.15, -0.1) is 0 Å². The molecule has 0 aromatic carbocycles. The molecular weight excluding hydrogens is 604 g/mol. The molecule has 0 saturated carbocycles. The molecule has 0 aromatic heterocycles. The van der Waals surface area contributed by atoms with Gasteiger partial charge in [0.05, 0.1) is 13.2 Å². The summed E-state index contributed by atoms with van der Waals surface area (Å²) in [5, 5.41) is 9.57. The van der Waals surface area contributed by atoms with Crippen molar-refractivity contribution in [3.8, 4) is 0 Å². The van der Waals surface area contributed by atoms with Crippen molar-refractivity contribution in [2.45, 2.75) is 200 Å². The Kier molecular flexibility index (Phi) is 40.6. The Morgan fingerprint density at radius 2 is 0.918 bits per heavy atom. The van der Waals surface area contributed by atoms with Crippen LogP contribution in [0.15, 0.2) is 60.8 Å². The number of ether oxygens (including phenoxy) is 2. The van der Waals surface area contributed by atoms with Crippen molar-refractivity contribution in [3.63, 3.8) is 0 Å². The monoisotopic (exact) mass is 685 g/mol. The molecular formula is C45H80O4. The van der Waals surface area contributed by atoms with Gasteiger partial charge in [-0.2, -0.15) is 0 Å². The fourth-order valence-electron chi connectivity index (χ4n) is 5.77. The smallest absolute Gasteiger partial charge is 0.306 e. The van der Waals surface area contributed by atoms with E-state index in [4.69, 9.17) is 9.47 Å². The third kappa shape index (κ3) is 40.4. The topological polar surface area (TPSA) is 55.8 Å². The summed E-state index contributed by atoms with van der Waals surface area (Å²) in [5.41, 5.74) is 0. The van der Waals surface area contributed by atoms with Crippen molar-refractivity contribution in [2.24, 2.45) is 0 Å². The first-order valence-electron chi connectivity index (χ1n) is 20.9. The van der Waals surface area contributed by atoms with Gasteiger partial charge in [0.15, 0.2) is 0 Å². The molecule has 4 heteroatoms. The highest BCUT2D eigenvalue weighted by atomic mass is 16.6. The van der Waals surface area contributed by atoms with Crippen molar-refractivity contribution in [3.05, 3.63) is 60.8 Å². The van der Waals surface area contributed by atoms with Crippen LogP contribution in [0, 0.1) is 0 Å². The van der Waals surface area contributed by atoms with Gasteiger partial charge in [0.1, 0.15) is 6.10 Å². The highest BCUT2D eigenvalue weighted by Gasteiger charge is 2.13. The number of hydrogen-bond acceptors (Lipinski definition) is 4. The predicted molar refractivity (Wildman–Crippen MR) is 214 cm³/mol. The molecule has 0 rings (SSSR count). The van der Waals surface area contributed by atoms with Gasteiger partial charge in [0, 0.05) is 13.0 Å². The van der Waals surface area contributed by atoms with Crippen molar-refractivity contribution >= 4 is 5.97 Å². The van der Waals surface area contributed by atoms with Gasteiger partial charge < -0.3 is 14.6 Å². The molecule has 0 radical (unpaired) electrons. The quantitative estimate of drug-likeness (QED) is 0.0399. The van der Waals surface area contributed by atoms with Gasteiger partial charge in [-0.05, 0) is 57.8 Å². The molecule has 0 aliphatic carbocycles. The zero-order valence-corrected chi connectivity index (χ0v) is 32.4. The first-order valence-corrected chi connectivity index (χ1v) is 20.9. The number of unbranched alkanes of at least 4 members (excludes halogenated alkanes) is 20. The SMILES string of the molecule is CC/C=C\C/C=C\C/C=C\C/C=C\C/C=C\CCCCCCCCCCCCOCC(CO)OC(=O)CCCCCCCCCCCCC. The Bertz CT molecular complexity index is 809. The first-order chi connectivity index (χ1) is 24.2. The van der Waals surface area contributed by atoms with Gasteiger partial charge in [0.2, 0.25) is 0 Å². The van der Waals surface area contributed by atoms with E-state index in [1.165, 1.54) is 122 Å². The molecule has 1 unspecified atom stereocenters. The summed E-state index contributed by atoms with van der Waals surface area (Å²) in [7, 11) is 0. The highest BCUT2D eigenvalue weighted by molar-refractivity contribution is 5.69. The molecule has 0 amide bonds. The van der Waals surface area contributed by atoms with E-state index < -0.39 is 6.10 Å². The van der Waals surface area contributed by atoms with Crippen molar-refractivity contribution in [1.82, 2.24) is 0 Å². The summed E-state index contributed by atoms with van der Waals surface area (Å²) in [4.78, 5) is 12.1. The Morgan fingerprint density at radius 3 is 1.39 bits per heavy atom. The van der Waals surface area contributed by atoms with Gasteiger partial charge in [-0.25, -0.2) is 0 Å². The van der Waals surface area contributed by atoms with Crippen LogP contribution in [-0.2, 0) is 14.3 Å². The number of carbonyl (C=O) groups is 1. The maximum Gasteiger partial charge on any atom is 0.306 e. The van der Waals surface area contributed by atoms with Crippen LogP contribution < -0.4 is 0 Å². The number of esters is 1. The molecule has 4 nitrogen and oxygen atoms in total. The fraction of sp³-hybridized carbons (Fsp3) is 0.756. The summed E-state index contributed by atoms with van der Waals surface area (Å²) >= 11 is 0. The van der Waals surface area contributed by atoms with E-state index in [2.05, 4.69) is 74.6 Å². The molecule has 0 aliphatic heterocycles. The number of aliphatic hydroxyl groups excluding tert-OH is 1. The maximum absolute atomic E-state index is 12.1. The second kappa shape index (κ2) is 42.3. The van der Waals surface area contributed by atoms with Crippen molar-refractivity contribution in [1.29, 1.82) is 0 Å². The zero-order chi connectivity index (χ0) is 35.6. The summed E-state index contributed by atoms with van der Waals surface area (Å²) in [5.74, 6) is -0.205. The molecule has 1 atom stereocenters. The number of rotatable bonds is 38. The van der Waals surface area contributed by atoms with Crippen LogP contribution in [-0.4, -0.2) is 37.0 Å². The summed E-state index contributed by atoms with van der Waals surface area (Å²) in [6.07, 6.45) is 55.7. The number of allylic oxidation sites excluding steroid dienone is 10. The lowest BCUT2D eigenvalue weighted by molar-refractivity contribution is -0.154. The molecule has 0 heterocycles. The minimum atomic E-state index is -0.535. The van der Waals surface area contributed by atoms with Crippen LogP contribution in [0.4, 0.5) is 0 Å². The lowest BCUT2D eigenvalue weighted by atomic mass is 10.1. The third-order valence-corrected chi connectivity index (χ3v) is 8.86. The second-order valence-corrected chi connectivity index (χ2v) is 13.7. The van der Waals surface area contributed by atoms with Gasteiger partial charge in [0.25, 0.3) is 0 Å². The zero-order valence-electron chi connectivity index (χ0n) is 32.4. The minimum absolute atomic E-state index is 0.173. The van der Waals surface area contributed by atoms with Crippen LogP contribution in [0.3, 0.4) is 0 Å². The number of carbonyl (C=O) groups excluding carboxylic acids is 1. The average Bonchev–Trinajstić information content (AvgIpc) is 3.11. The maximum atomic E-state index is 12.1. The standard InChI is InChI=1S/C45H80O4/c1-3-5-7-9-11-13-15-16-17-18-19-20-21-22-23-24-25-26-27-28-29-31-33-35-37-39-41-48-43-44(42-46)49-45(47)40-38-36-34-32-30-14-12-10-8-6-4-2/h5,7,11,13,16-17,19-20,22-23,44,46H,3-4,6,8-10,12,14-15,18,21,24-43H2,1-2H3/b7-5-,13-11-,17-16-,20-19-,23-22-. The number of aliphatic hydroxyl groups is 1. The Labute approximate surface area is 305 Å². The van der Waals surface area contributed by atoms with Gasteiger partial charge >= 0.3 is 5.97 Å². The van der Waals surface area contributed by atoms with E-state index >= 15 is 0 Å². The van der Waals surface area contributed by atoms with E-state index in [0.29, 0.717) is 19.6 Å². The van der Waals surface area contributed by atoms with E-state index in [-0.39, 0.29) is 12.6 Å². The molecule has 0 saturated heterocycles. The Morgan fingerprint density at radius 1 is 0.510 bits per heavy atom. The van der Waals surface area contributed by atoms with Crippen LogP contribution in [0.25, 0.3) is 0 Å². The van der Waals surface area contributed by atoms with E-state index in [9.17, 15) is 9.90 Å². The normalized spacial score (nSPS) is 13.0. The van der Waals surface area contributed by atoms with Crippen LogP contribution in [0.1, 0.15) is 194 Å². The number of hydrogen-bond donors (Lipinski definition) is 1. The lowest BCUT2D eigenvalue weighted by Crippen LogP contribution is -2.27. The molecule has 284 valence electrons. The van der Waals surface area contributed by atoms with E-state index in [1.807, 2.05) is 0 Å². The van der Waals surface area contributed by atoms with Crippen molar-refractivity contribution in [2.75, 3.05) is 19.8 Å². The Balaban J connectivity index is 3.44. The fourth-order valence-corrected chi connectivity index (χ4v) is 5.77. The van der Waals surface area contributed by atoms with Crippen molar-refractivity contribution < 1.29 is 19.4 Å². The summed E-state index contributed by atoms with van der Waals surface area (Å²) in [6.45, 7) is 5.22. The first kappa shape index (κ1) is 47.1. The molecule has 0 fully saturated rings. The summed E-state index contributed by atoms with van der Waals surface area (Å²) < 4.78 is 11.1.